The molecule has 1 N–H and O–H groups in total. The van der Waals surface area contributed by atoms with Gasteiger partial charge in [0.1, 0.15) is 6.61 Å². The maximum atomic E-state index is 12.0. The van der Waals surface area contributed by atoms with Crippen molar-refractivity contribution in [1.82, 2.24) is 5.32 Å². The molecule has 2 amide bonds. The van der Waals surface area contributed by atoms with E-state index in [1.807, 2.05) is 24.3 Å². The molecule has 1 aliphatic heterocycles. The summed E-state index contributed by atoms with van der Waals surface area (Å²) < 4.78 is 9.96. The normalized spacial score (nSPS) is 18.5. The number of hydrogen-bond acceptors (Lipinski definition) is 4. The lowest BCUT2D eigenvalue weighted by Crippen LogP contribution is -2.50. The molecule has 0 radical (unpaired) electrons. The summed E-state index contributed by atoms with van der Waals surface area (Å²) >= 11 is 0. The molecule has 6 heteroatoms. The van der Waals surface area contributed by atoms with Crippen LogP contribution >= 0.6 is 0 Å². The van der Waals surface area contributed by atoms with Crippen LogP contribution in [-0.2, 0) is 14.3 Å². The number of ether oxygens (including phenoxy) is 2. The molecule has 0 saturated carbocycles. The first kappa shape index (κ1) is 16.3. The van der Waals surface area contributed by atoms with Gasteiger partial charge >= 0.3 is 6.09 Å². The summed E-state index contributed by atoms with van der Waals surface area (Å²) in [5.74, 6) is 0.373. The number of carbonyl (C=O) groups excluding carboxylic acids is 2. The number of amides is 2. The fraction of sp³-hybridized carbons (Fsp3) is 0.500. The van der Waals surface area contributed by atoms with E-state index in [9.17, 15) is 9.59 Å². The monoisotopic (exact) mass is 306 g/mol. The third kappa shape index (κ3) is 3.98. The van der Waals surface area contributed by atoms with E-state index in [-0.39, 0.29) is 18.6 Å². The number of anilines is 1. The predicted octanol–water partition coefficient (Wildman–Crippen LogP) is 1.90. The third-order valence-corrected chi connectivity index (χ3v) is 3.66. The van der Waals surface area contributed by atoms with E-state index < -0.39 is 6.09 Å². The Hall–Kier alpha value is -2.08. The van der Waals surface area contributed by atoms with E-state index >= 15 is 0 Å². The van der Waals surface area contributed by atoms with Gasteiger partial charge in [-0.1, -0.05) is 26.0 Å². The van der Waals surface area contributed by atoms with Gasteiger partial charge in [-0.05, 0) is 23.6 Å². The van der Waals surface area contributed by atoms with Crippen molar-refractivity contribution in [1.29, 1.82) is 0 Å². The maximum Gasteiger partial charge on any atom is 0.406 e. The molecule has 1 aromatic rings. The number of rotatable bonds is 4. The Balaban J connectivity index is 2.02. The SMILES string of the molecule is COC(=O)NCC1CN(c2ccc(C(C)C)cc2)C(=O)CO1. The molecule has 0 bridgehead atoms. The summed E-state index contributed by atoms with van der Waals surface area (Å²) in [4.78, 5) is 24.8. The van der Waals surface area contributed by atoms with Crippen molar-refractivity contribution in [2.75, 3.05) is 31.7 Å². The molecular weight excluding hydrogens is 284 g/mol. The fourth-order valence-corrected chi connectivity index (χ4v) is 2.31. The second kappa shape index (κ2) is 7.26. The molecule has 6 nitrogen and oxygen atoms in total. The topological polar surface area (TPSA) is 67.9 Å². The van der Waals surface area contributed by atoms with Gasteiger partial charge in [0.2, 0.25) is 0 Å². The summed E-state index contributed by atoms with van der Waals surface area (Å²) in [7, 11) is 1.31. The molecular formula is C16H22N2O4. The van der Waals surface area contributed by atoms with Crippen molar-refractivity contribution >= 4 is 17.7 Å². The summed E-state index contributed by atoms with van der Waals surface area (Å²) in [6.45, 7) is 4.98. The molecule has 1 unspecified atom stereocenters. The molecule has 1 heterocycles. The van der Waals surface area contributed by atoms with Gasteiger partial charge in [-0.3, -0.25) is 4.79 Å². The Bertz CT molecular complexity index is 527. The molecule has 1 aromatic carbocycles. The minimum absolute atomic E-state index is 0.0133. The van der Waals surface area contributed by atoms with Crippen LogP contribution in [0.4, 0.5) is 10.5 Å². The highest BCUT2D eigenvalue weighted by molar-refractivity contribution is 5.95. The first-order valence-electron chi connectivity index (χ1n) is 7.35. The summed E-state index contributed by atoms with van der Waals surface area (Å²) in [5, 5.41) is 2.59. The Labute approximate surface area is 130 Å². The van der Waals surface area contributed by atoms with Gasteiger partial charge in [0.15, 0.2) is 0 Å². The number of nitrogens with zero attached hydrogens (tertiary/aromatic N) is 1. The number of hydrogen-bond donors (Lipinski definition) is 1. The molecule has 120 valence electrons. The molecule has 1 aliphatic rings. The van der Waals surface area contributed by atoms with Crippen molar-refractivity contribution in [3.63, 3.8) is 0 Å². The van der Waals surface area contributed by atoms with Crippen molar-refractivity contribution < 1.29 is 19.1 Å². The molecule has 1 fully saturated rings. The first-order chi connectivity index (χ1) is 10.5. The molecule has 0 spiro atoms. The summed E-state index contributed by atoms with van der Waals surface area (Å²) in [6.07, 6.45) is -0.755. The molecule has 1 atom stereocenters. The average molecular weight is 306 g/mol. The van der Waals surface area contributed by atoms with Crippen LogP contribution in [0.25, 0.3) is 0 Å². The number of nitrogens with one attached hydrogen (secondary N) is 1. The Morgan fingerprint density at radius 3 is 2.68 bits per heavy atom. The van der Waals surface area contributed by atoms with Gasteiger partial charge in [-0.25, -0.2) is 4.79 Å². The van der Waals surface area contributed by atoms with E-state index in [2.05, 4.69) is 23.9 Å². The molecule has 2 rings (SSSR count). The fourth-order valence-electron chi connectivity index (χ4n) is 2.31. The predicted molar refractivity (Wildman–Crippen MR) is 83.0 cm³/mol. The van der Waals surface area contributed by atoms with Crippen LogP contribution in [0.2, 0.25) is 0 Å². The zero-order chi connectivity index (χ0) is 16.1. The van der Waals surface area contributed by atoms with Crippen molar-refractivity contribution in [3.05, 3.63) is 29.8 Å². The van der Waals surface area contributed by atoms with Crippen LogP contribution in [0, 0.1) is 0 Å². The van der Waals surface area contributed by atoms with Crippen molar-refractivity contribution in [2.45, 2.75) is 25.9 Å². The summed E-state index contributed by atoms with van der Waals surface area (Å²) in [6, 6.07) is 7.96. The molecule has 22 heavy (non-hydrogen) atoms. The van der Waals surface area contributed by atoms with Crippen LogP contribution in [0.5, 0.6) is 0 Å². The van der Waals surface area contributed by atoms with E-state index in [1.165, 1.54) is 12.7 Å². The van der Waals surface area contributed by atoms with Gasteiger partial charge < -0.3 is 19.7 Å². The van der Waals surface area contributed by atoms with Crippen LogP contribution < -0.4 is 10.2 Å². The molecule has 0 aromatic heterocycles. The van der Waals surface area contributed by atoms with Gasteiger partial charge in [0, 0.05) is 12.2 Å². The summed E-state index contributed by atoms with van der Waals surface area (Å²) in [5.41, 5.74) is 2.08. The minimum Gasteiger partial charge on any atom is -0.453 e. The van der Waals surface area contributed by atoms with Crippen LogP contribution in [0.3, 0.4) is 0 Å². The number of methoxy groups -OCH3 is 1. The number of benzene rings is 1. The highest BCUT2D eigenvalue weighted by Gasteiger charge is 2.27. The standard InChI is InChI=1S/C16H22N2O4/c1-11(2)12-4-6-13(7-5-12)18-9-14(22-10-15(18)19)8-17-16(20)21-3/h4-7,11,14H,8-10H2,1-3H3,(H,17,20). The number of carbonyl (C=O) groups is 2. The van der Waals surface area contributed by atoms with Crippen molar-refractivity contribution in [3.8, 4) is 0 Å². The smallest absolute Gasteiger partial charge is 0.406 e. The van der Waals surface area contributed by atoms with Gasteiger partial charge in [0.05, 0.1) is 19.8 Å². The first-order valence-corrected chi connectivity index (χ1v) is 7.35. The second-order valence-corrected chi connectivity index (χ2v) is 5.56. The second-order valence-electron chi connectivity index (χ2n) is 5.56. The zero-order valence-electron chi connectivity index (χ0n) is 13.2. The lowest BCUT2D eigenvalue weighted by atomic mass is 10.0. The molecule has 1 saturated heterocycles. The largest absolute Gasteiger partial charge is 0.453 e. The average Bonchev–Trinajstić information content (AvgIpc) is 2.53. The molecule has 0 aliphatic carbocycles. The van der Waals surface area contributed by atoms with E-state index in [4.69, 9.17) is 4.74 Å². The van der Waals surface area contributed by atoms with Crippen LogP contribution in [0.1, 0.15) is 25.3 Å². The maximum absolute atomic E-state index is 12.0. The van der Waals surface area contributed by atoms with Gasteiger partial charge in [-0.15, -0.1) is 0 Å². The Morgan fingerprint density at radius 2 is 2.09 bits per heavy atom. The Morgan fingerprint density at radius 1 is 1.41 bits per heavy atom. The highest BCUT2D eigenvalue weighted by atomic mass is 16.5. The van der Waals surface area contributed by atoms with E-state index in [0.717, 1.165) is 5.69 Å². The van der Waals surface area contributed by atoms with Crippen LogP contribution in [0.15, 0.2) is 24.3 Å². The van der Waals surface area contributed by atoms with Gasteiger partial charge in [0.25, 0.3) is 5.91 Å². The van der Waals surface area contributed by atoms with Crippen LogP contribution in [-0.4, -0.2) is 44.9 Å². The van der Waals surface area contributed by atoms with Gasteiger partial charge in [-0.2, -0.15) is 0 Å². The Kier molecular flexibility index (Phi) is 5.38. The minimum atomic E-state index is -0.506. The lowest BCUT2D eigenvalue weighted by Gasteiger charge is -2.32. The lowest BCUT2D eigenvalue weighted by molar-refractivity contribution is -0.129. The number of morpholine rings is 1. The van der Waals surface area contributed by atoms with Crippen molar-refractivity contribution in [2.24, 2.45) is 0 Å². The quantitative estimate of drug-likeness (QED) is 0.922. The third-order valence-electron chi connectivity index (χ3n) is 3.66. The van der Waals surface area contributed by atoms with E-state index in [0.29, 0.717) is 19.0 Å². The zero-order valence-corrected chi connectivity index (χ0v) is 13.2. The van der Waals surface area contributed by atoms with E-state index in [1.54, 1.807) is 4.90 Å². The highest BCUT2D eigenvalue weighted by Crippen LogP contribution is 2.22. The number of alkyl carbamates (subject to hydrolysis) is 1.